The Morgan fingerprint density at radius 1 is 1.03 bits per heavy atom. The van der Waals surface area contributed by atoms with E-state index in [9.17, 15) is 4.79 Å². The minimum atomic E-state index is -0.195. The Hall–Kier alpha value is -3.45. The van der Waals surface area contributed by atoms with Gasteiger partial charge in [-0.2, -0.15) is 5.10 Å². The zero-order valence-electron chi connectivity index (χ0n) is 18.4. The Balaban J connectivity index is 1.47. The first-order chi connectivity index (χ1) is 15.5. The van der Waals surface area contributed by atoms with Crippen molar-refractivity contribution in [2.75, 3.05) is 5.75 Å². The van der Waals surface area contributed by atoms with Crippen molar-refractivity contribution in [2.45, 2.75) is 32.5 Å². The number of carbonyl (C=O) groups is 1. The lowest BCUT2D eigenvalue weighted by atomic mass is 10.1. The topological polar surface area (TPSA) is 72.2 Å². The molecule has 6 nitrogen and oxygen atoms in total. The van der Waals surface area contributed by atoms with Crippen LogP contribution in [-0.4, -0.2) is 32.4 Å². The van der Waals surface area contributed by atoms with Gasteiger partial charge in [-0.1, -0.05) is 60.3 Å². The number of carbonyl (C=O) groups excluding carboxylic acids is 1. The highest BCUT2D eigenvalue weighted by Crippen LogP contribution is 2.25. The molecule has 0 radical (unpaired) electrons. The summed E-state index contributed by atoms with van der Waals surface area (Å²) >= 11 is 1.30. The molecule has 0 saturated carbocycles. The molecule has 0 aliphatic heterocycles. The molecule has 0 unspecified atom stereocenters. The fraction of sp³-hybridized carbons (Fsp3) is 0.200. The molecule has 32 heavy (non-hydrogen) atoms. The number of aryl methyl sites for hydroxylation is 2. The Morgan fingerprint density at radius 2 is 1.72 bits per heavy atom. The van der Waals surface area contributed by atoms with Crippen molar-refractivity contribution in [3.8, 4) is 0 Å². The van der Waals surface area contributed by atoms with E-state index in [1.165, 1.54) is 17.3 Å². The number of thioether (sulfide) groups is 1. The van der Waals surface area contributed by atoms with E-state index in [4.69, 9.17) is 0 Å². The van der Waals surface area contributed by atoms with E-state index in [2.05, 4.69) is 68.4 Å². The lowest BCUT2D eigenvalue weighted by Crippen LogP contribution is -2.20. The largest absolute Gasteiger partial charge is 0.340 e. The summed E-state index contributed by atoms with van der Waals surface area (Å²) in [5.74, 6) is 0.00862. The fourth-order valence-corrected chi connectivity index (χ4v) is 4.42. The van der Waals surface area contributed by atoms with Crippen molar-refractivity contribution in [1.82, 2.24) is 20.0 Å². The van der Waals surface area contributed by atoms with Crippen molar-refractivity contribution < 1.29 is 4.79 Å². The summed E-state index contributed by atoms with van der Waals surface area (Å²) in [4.78, 5) is 21.0. The van der Waals surface area contributed by atoms with Gasteiger partial charge in [-0.3, -0.25) is 4.79 Å². The molecule has 162 valence electrons. The van der Waals surface area contributed by atoms with Gasteiger partial charge in [-0.05, 0) is 38.5 Å². The van der Waals surface area contributed by atoms with Crippen LogP contribution in [0.15, 0.2) is 70.9 Å². The molecule has 2 aromatic carbocycles. The van der Waals surface area contributed by atoms with Crippen molar-refractivity contribution >= 4 is 34.8 Å². The monoisotopic (exact) mass is 443 g/mol. The van der Waals surface area contributed by atoms with Gasteiger partial charge in [0.25, 0.3) is 5.91 Å². The molecule has 1 amide bonds. The van der Waals surface area contributed by atoms with Gasteiger partial charge in [-0.15, -0.1) is 0 Å². The number of hydrogen-bond acceptors (Lipinski definition) is 5. The van der Waals surface area contributed by atoms with Crippen LogP contribution >= 0.6 is 11.8 Å². The number of hydrogen-bond donors (Lipinski definition) is 1. The van der Waals surface area contributed by atoms with Gasteiger partial charge in [0.05, 0.1) is 12.0 Å². The lowest BCUT2D eigenvalue weighted by molar-refractivity contribution is -0.118. The highest BCUT2D eigenvalue weighted by atomic mass is 32.2. The third kappa shape index (κ3) is 5.06. The maximum Gasteiger partial charge on any atom is 0.250 e. The Kier molecular flexibility index (Phi) is 6.66. The van der Waals surface area contributed by atoms with Crippen LogP contribution in [0.4, 0.5) is 0 Å². The molecule has 0 spiro atoms. The smallest absolute Gasteiger partial charge is 0.250 e. The zero-order chi connectivity index (χ0) is 22.5. The highest BCUT2D eigenvalue weighted by molar-refractivity contribution is 7.99. The second kappa shape index (κ2) is 9.78. The number of amides is 1. The number of para-hydroxylation sites is 1. The summed E-state index contributed by atoms with van der Waals surface area (Å²) in [7, 11) is 0. The number of fused-ring (bicyclic) bond motifs is 1. The van der Waals surface area contributed by atoms with Gasteiger partial charge in [0.2, 0.25) is 0 Å². The molecule has 1 N–H and O–H groups in total. The van der Waals surface area contributed by atoms with Gasteiger partial charge < -0.3 is 4.57 Å². The third-order valence-corrected chi connectivity index (χ3v) is 5.99. The number of benzene rings is 2. The molecule has 0 aliphatic rings. The number of aromatic nitrogens is 3. The van der Waals surface area contributed by atoms with E-state index in [1.807, 2.05) is 38.1 Å². The summed E-state index contributed by atoms with van der Waals surface area (Å²) in [6.45, 7) is 6.69. The van der Waals surface area contributed by atoms with Crippen molar-refractivity contribution in [1.29, 1.82) is 0 Å². The second-order valence-electron chi connectivity index (χ2n) is 7.60. The first-order valence-corrected chi connectivity index (χ1v) is 11.4. The Labute approximate surface area is 191 Å². The van der Waals surface area contributed by atoms with E-state index >= 15 is 0 Å². The van der Waals surface area contributed by atoms with E-state index in [-0.39, 0.29) is 11.7 Å². The molecule has 2 aromatic heterocycles. The van der Waals surface area contributed by atoms with E-state index < -0.39 is 0 Å². The summed E-state index contributed by atoms with van der Waals surface area (Å²) in [5.41, 5.74) is 8.89. The quantitative estimate of drug-likeness (QED) is 0.195. The average Bonchev–Trinajstić information content (AvgIpc) is 3.04. The van der Waals surface area contributed by atoms with Gasteiger partial charge in [0.1, 0.15) is 0 Å². The van der Waals surface area contributed by atoms with Gasteiger partial charge in [0.15, 0.2) is 5.16 Å². The molecule has 0 aliphatic carbocycles. The molecule has 7 heteroatoms. The predicted molar refractivity (Wildman–Crippen MR) is 130 cm³/mol. The zero-order valence-corrected chi connectivity index (χ0v) is 19.2. The summed E-state index contributed by atoms with van der Waals surface area (Å²) in [5, 5.41) is 5.94. The van der Waals surface area contributed by atoms with Crippen LogP contribution in [-0.2, 0) is 11.3 Å². The lowest BCUT2D eigenvalue weighted by Gasteiger charge is -2.08. The number of nitrogens with one attached hydrogen (secondary N) is 1. The minimum Gasteiger partial charge on any atom is -0.340 e. The molecule has 4 rings (SSSR count). The van der Waals surface area contributed by atoms with Crippen LogP contribution in [0.3, 0.4) is 0 Å². The average molecular weight is 444 g/mol. The van der Waals surface area contributed by atoms with Gasteiger partial charge >= 0.3 is 0 Å². The van der Waals surface area contributed by atoms with E-state index in [0.29, 0.717) is 5.16 Å². The van der Waals surface area contributed by atoms with Crippen LogP contribution < -0.4 is 5.43 Å². The maximum atomic E-state index is 12.3. The normalized spacial score (nSPS) is 11.3. The molecular weight excluding hydrogens is 418 g/mol. The standard InChI is InChI=1S/C25H25N5OS/c1-17-13-18(2)28-25(27-17)32-16-24(31)29-26-14-22-19(3)30(15-20-9-5-4-6-10-20)23-12-8-7-11-21(22)23/h4-14H,15-16H2,1-3H3,(H,29,31)/b26-14-. The summed E-state index contributed by atoms with van der Waals surface area (Å²) in [6.07, 6.45) is 1.73. The molecule has 2 heterocycles. The number of hydrazone groups is 1. The van der Waals surface area contributed by atoms with Crippen molar-refractivity contribution in [2.24, 2.45) is 5.10 Å². The molecule has 0 fully saturated rings. The second-order valence-corrected chi connectivity index (χ2v) is 8.55. The fourth-order valence-electron chi connectivity index (χ4n) is 3.68. The van der Waals surface area contributed by atoms with Crippen molar-refractivity contribution in [3.63, 3.8) is 0 Å². The molecule has 0 bridgehead atoms. The predicted octanol–water partition coefficient (Wildman–Crippen LogP) is 4.65. The van der Waals surface area contributed by atoms with Crippen LogP contribution in [0.2, 0.25) is 0 Å². The Bertz CT molecular complexity index is 1260. The van der Waals surface area contributed by atoms with E-state index in [0.717, 1.165) is 40.1 Å². The Morgan fingerprint density at radius 3 is 2.47 bits per heavy atom. The SMILES string of the molecule is Cc1cc(C)nc(SCC(=O)N/N=C\c2c(C)n(Cc3ccccc3)c3ccccc23)n1. The van der Waals surface area contributed by atoms with Gasteiger partial charge in [-0.25, -0.2) is 15.4 Å². The van der Waals surface area contributed by atoms with Crippen molar-refractivity contribution in [3.05, 3.63) is 88.9 Å². The van der Waals surface area contributed by atoms with E-state index in [1.54, 1.807) is 6.21 Å². The maximum absolute atomic E-state index is 12.3. The van der Waals surface area contributed by atoms with Crippen LogP contribution in [0.1, 0.15) is 28.2 Å². The number of nitrogens with zero attached hydrogens (tertiary/aromatic N) is 4. The first-order valence-electron chi connectivity index (χ1n) is 10.4. The third-order valence-electron chi connectivity index (χ3n) is 5.14. The molecule has 0 atom stereocenters. The highest BCUT2D eigenvalue weighted by Gasteiger charge is 2.13. The number of rotatable bonds is 7. The van der Waals surface area contributed by atoms with Crippen LogP contribution in [0, 0.1) is 20.8 Å². The summed E-state index contributed by atoms with van der Waals surface area (Å²) < 4.78 is 2.28. The summed E-state index contributed by atoms with van der Waals surface area (Å²) in [6, 6.07) is 20.5. The minimum absolute atomic E-state index is 0.195. The van der Waals surface area contributed by atoms with Crippen LogP contribution in [0.5, 0.6) is 0 Å². The first kappa shape index (κ1) is 21.8. The van der Waals surface area contributed by atoms with Crippen LogP contribution in [0.25, 0.3) is 10.9 Å². The molecule has 0 saturated heterocycles. The molecule has 4 aromatic rings. The molecular formula is C25H25N5OS. The van der Waals surface area contributed by atoms with Gasteiger partial charge in [0, 0.05) is 40.1 Å².